The summed E-state index contributed by atoms with van der Waals surface area (Å²) in [7, 11) is 0. The first-order valence-corrected chi connectivity index (χ1v) is 6.09. The number of carbonyl (C=O) groups is 2. The summed E-state index contributed by atoms with van der Waals surface area (Å²) in [5, 5.41) is 9.53. The zero-order valence-corrected chi connectivity index (χ0v) is 10.4. The SMILES string of the molecule is NC(=O)N1CCCC1COc1cccc(O)c1C=O. The predicted molar refractivity (Wildman–Crippen MR) is 68.3 cm³/mol. The van der Waals surface area contributed by atoms with Crippen molar-refractivity contribution in [2.24, 2.45) is 5.73 Å². The number of urea groups is 1. The minimum absolute atomic E-state index is 0.0839. The maximum Gasteiger partial charge on any atom is 0.315 e. The van der Waals surface area contributed by atoms with Crippen molar-refractivity contribution in [1.82, 2.24) is 4.90 Å². The highest BCUT2D eigenvalue weighted by Crippen LogP contribution is 2.26. The average Bonchev–Trinajstić information content (AvgIpc) is 2.84. The molecule has 2 amide bonds. The number of rotatable bonds is 4. The molecule has 1 saturated heterocycles. The maximum absolute atomic E-state index is 11.2. The van der Waals surface area contributed by atoms with E-state index in [1.54, 1.807) is 17.0 Å². The van der Waals surface area contributed by atoms with Crippen molar-refractivity contribution in [2.45, 2.75) is 18.9 Å². The number of aromatic hydroxyl groups is 1. The second-order valence-corrected chi connectivity index (χ2v) is 4.45. The van der Waals surface area contributed by atoms with Crippen molar-refractivity contribution < 1.29 is 19.4 Å². The van der Waals surface area contributed by atoms with E-state index in [2.05, 4.69) is 0 Å². The van der Waals surface area contributed by atoms with Crippen LogP contribution in [0.4, 0.5) is 4.79 Å². The molecule has 0 spiro atoms. The third-order valence-electron chi connectivity index (χ3n) is 3.25. The van der Waals surface area contributed by atoms with Crippen molar-refractivity contribution >= 4 is 12.3 Å². The number of ether oxygens (including phenoxy) is 1. The van der Waals surface area contributed by atoms with Gasteiger partial charge in [-0.25, -0.2) is 4.79 Å². The van der Waals surface area contributed by atoms with E-state index < -0.39 is 6.03 Å². The molecule has 3 N–H and O–H groups in total. The number of likely N-dealkylation sites (tertiary alicyclic amines) is 1. The number of nitrogens with two attached hydrogens (primary N) is 1. The Balaban J connectivity index is 2.05. The van der Waals surface area contributed by atoms with E-state index in [9.17, 15) is 14.7 Å². The van der Waals surface area contributed by atoms with Gasteiger partial charge in [0.15, 0.2) is 6.29 Å². The van der Waals surface area contributed by atoms with Crippen LogP contribution in [0.3, 0.4) is 0 Å². The lowest BCUT2D eigenvalue weighted by Gasteiger charge is -2.23. The number of hydrogen-bond acceptors (Lipinski definition) is 4. The van der Waals surface area contributed by atoms with Crippen molar-refractivity contribution in [3.05, 3.63) is 23.8 Å². The molecule has 102 valence electrons. The quantitative estimate of drug-likeness (QED) is 0.797. The van der Waals surface area contributed by atoms with Gasteiger partial charge in [-0.15, -0.1) is 0 Å². The first kappa shape index (κ1) is 13.2. The fourth-order valence-corrected chi connectivity index (χ4v) is 2.26. The molecule has 1 unspecified atom stereocenters. The van der Waals surface area contributed by atoms with E-state index in [0.29, 0.717) is 18.6 Å². The first-order valence-electron chi connectivity index (χ1n) is 6.09. The van der Waals surface area contributed by atoms with Crippen molar-refractivity contribution in [3.63, 3.8) is 0 Å². The third kappa shape index (κ3) is 2.78. The van der Waals surface area contributed by atoms with Crippen LogP contribution in [0.5, 0.6) is 11.5 Å². The molecular formula is C13H16N2O4. The molecule has 1 fully saturated rings. The lowest BCUT2D eigenvalue weighted by Crippen LogP contribution is -2.42. The lowest BCUT2D eigenvalue weighted by molar-refractivity contribution is 0.111. The molecule has 6 nitrogen and oxygen atoms in total. The van der Waals surface area contributed by atoms with Gasteiger partial charge in [-0.1, -0.05) is 6.07 Å². The summed E-state index contributed by atoms with van der Waals surface area (Å²) in [6.45, 7) is 0.886. The summed E-state index contributed by atoms with van der Waals surface area (Å²) in [5.74, 6) is 0.192. The summed E-state index contributed by atoms with van der Waals surface area (Å²) >= 11 is 0. The maximum atomic E-state index is 11.2. The molecule has 0 aromatic heterocycles. The number of primary amides is 1. The zero-order valence-electron chi connectivity index (χ0n) is 10.4. The summed E-state index contributed by atoms with van der Waals surface area (Å²) in [6.07, 6.45) is 2.25. The van der Waals surface area contributed by atoms with Crippen LogP contribution < -0.4 is 10.5 Å². The van der Waals surface area contributed by atoms with Crippen LogP contribution in [0.1, 0.15) is 23.2 Å². The molecule has 0 aliphatic carbocycles. The van der Waals surface area contributed by atoms with Crippen LogP contribution in [0.25, 0.3) is 0 Å². The number of phenolic OH excluding ortho intramolecular Hbond substituents is 1. The van der Waals surface area contributed by atoms with E-state index in [1.165, 1.54) is 6.07 Å². The Morgan fingerprint density at radius 1 is 1.58 bits per heavy atom. The predicted octanol–water partition coefficient (Wildman–Crippen LogP) is 1.13. The minimum atomic E-state index is -0.461. The Labute approximate surface area is 110 Å². The summed E-state index contributed by atoms with van der Waals surface area (Å²) in [5.41, 5.74) is 5.39. The van der Waals surface area contributed by atoms with Crippen molar-refractivity contribution in [1.29, 1.82) is 0 Å². The van der Waals surface area contributed by atoms with Gasteiger partial charge < -0.3 is 20.5 Å². The first-order chi connectivity index (χ1) is 9.13. The topological polar surface area (TPSA) is 92.9 Å². The fraction of sp³-hybridized carbons (Fsp3) is 0.385. The smallest absolute Gasteiger partial charge is 0.315 e. The second-order valence-electron chi connectivity index (χ2n) is 4.45. The van der Waals surface area contributed by atoms with Crippen molar-refractivity contribution in [2.75, 3.05) is 13.2 Å². The minimum Gasteiger partial charge on any atom is -0.507 e. The van der Waals surface area contributed by atoms with Gasteiger partial charge in [0.05, 0.1) is 11.6 Å². The number of amides is 2. The summed E-state index contributed by atoms with van der Waals surface area (Å²) < 4.78 is 5.53. The highest BCUT2D eigenvalue weighted by atomic mass is 16.5. The van der Waals surface area contributed by atoms with E-state index in [-0.39, 0.29) is 24.0 Å². The Hall–Kier alpha value is -2.24. The average molecular weight is 264 g/mol. The van der Waals surface area contributed by atoms with Crippen LogP contribution in [0.15, 0.2) is 18.2 Å². The molecule has 2 rings (SSSR count). The number of nitrogens with zero attached hydrogens (tertiary/aromatic N) is 1. The molecule has 1 atom stereocenters. The van der Waals surface area contributed by atoms with Gasteiger partial charge in [-0.2, -0.15) is 0 Å². The number of benzene rings is 1. The largest absolute Gasteiger partial charge is 0.507 e. The van der Waals surface area contributed by atoms with E-state index in [4.69, 9.17) is 10.5 Å². The number of carbonyl (C=O) groups excluding carboxylic acids is 2. The molecule has 1 aliphatic rings. The lowest BCUT2D eigenvalue weighted by atomic mass is 10.2. The van der Waals surface area contributed by atoms with E-state index >= 15 is 0 Å². The molecule has 0 bridgehead atoms. The summed E-state index contributed by atoms with van der Waals surface area (Å²) in [4.78, 5) is 23.6. The van der Waals surface area contributed by atoms with Crippen LogP contribution in [0, 0.1) is 0 Å². The molecule has 1 heterocycles. The molecular weight excluding hydrogens is 248 g/mol. The number of hydrogen-bond donors (Lipinski definition) is 2. The molecule has 1 aliphatic heterocycles. The Kier molecular flexibility index (Phi) is 3.89. The Morgan fingerprint density at radius 3 is 3.05 bits per heavy atom. The normalized spacial score (nSPS) is 18.3. The van der Waals surface area contributed by atoms with Gasteiger partial charge in [0, 0.05) is 6.54 Å². The molecule has 1 aromatic carbocycles. The fourth-order valence-electron chi connectivity index (χ4n) is 2.26. The molecule has 1 aromatic rings. The van der Waals surface area contributed by atoms with Crippen LogP contribution in [-0.4, -0.2) is 41.5 Å². The second kappa shape index (κ2) is 5.60. The van der Waals surface area contributed by atoms with Gasteiger partial charge >= 0.3 is 6.03 Å². The van der Waals surface area contributed by atoms with Gasteiger partial charge in [-0.05, 0) is 25.0 Å². The molecule has 19 heavy (non-hydrogen) atoms. The van der Waals surface area contributed by atoms with Crippen LogP contribution in [0.2, 0.25) is 0 Å². The highest BCUT2D eigenvalue weighted by molar-refractivity contribution is 5.83. The Morgan fingerprint density at radius 2 is 2.37 bits per heavy atom. The van der Waals surface area contributed by atoms with E-state index in [0.717, 1.165) is 12.8 Å². The highest BCUT2D eigenvalue weighted by Gasteiger charge is 2.27. The van der Waals surface area contributed by atoms with Crippen LogP contribution in [-0.2, 0) is 0 Å². The summed E-state index contributed by atoms with van der Waals surface area (Å²) in [6, 6.07) is 4.07. The Bertz CT molecular complexity index is 490. The van der Waals surface area contributed by atoms with Gasteiger partial charge in [0.25, 0.3) is 0 Å². The van der Waals surface area contributed by atoms with Gasteiger partial charge in [0.2, 0.25) is 0 Å². The molecule has 6 heteroatoms. The number of aldehydes is 1. The third-order valence-corrected chi connectivity index (χ3v) is 3.25. The van der Waals surface area contributed by atoms with Gasteiger partial charge in [-0.3, -0.25) is 4.79 Å². The van der Waals surface area contributed by atoms with Gasteiger partial charge in [0.1, 0.15) is 18.1 Å². The van der Waals surface area contributed by atoms with Crippen molar-refractivity contribution in [3.8, 4) is 11.5 Å². The van der Waals surface area contributed by atoms with Crippen LogP contribution >= 0.6 is 0 Å². The molecule has 0 radical (unpaired) electrons. The standard InChI is InChI=1S/C13H16N2O4/c14-13(18)15-6-2-3-9(15)8-19-12-5-1-4-11(17)10(12)7-16/h1,4-5,7,9,17H,2-3,6,8H2,(H2,14,18). The zero-order chi connectivity index (χ0) is 13.8. The van der Waals surface area contributed by atoms with E-state index in [1.807, 2.05) is 0 Å². The number of phenols is 1. The monoisotopic (exact) mass is 264 g/mol. The molecule has 0 saturated carbocycles.